The van der Waals surface area contributed by atoms with Gasteiger partial charge >= 0.3 is 6.03 Å². The molecule has 2 heterocycles. The lowest BCUT2D eigenvalue weighted by Crippen LogP contribution is -2.37. The Morgan fingerprint density at radius 1 is 1.10 bits per heavy atom. The van der Waals surface area contributed by atoms with E-state index in [1.807, 2.05) is 68.4 Å². The molecule has 4 rings (SSSR count). The van der Waals surface area contributed by atoms with Crippen molar-refractivity contribution >= 4 is 34.2 Å². The summed E-state index contributed by atoms with van der Waals surface area (Å²) in [6.07, 6.45) is 0. The maximum Gasteiger partial charge on any atom is 0.325 e. The lowest BCUT2D eigenvalue weighted by atomic mass is 10.1. The summed E-state index contributed by atoms with van der Waals surface area (Å²) in [6.45, 7) is 5.49. The predicted octanol–water partition coefficient (Wildman–Crippen LogP) is 3.82. The molecule has 7 heteroatoms. The third-order valence-electron chi connectivity index (χ3n) is 5.03. The fourth-order valence-electron chi connectivity index (χ4n) is 3.59. The highest BCUT2D eigenvalue weighted by molar-refractivity contribution is 6.03. The summed E-state index contributed by atoms with van der Waals surface area (Å²) in [7, 11) is 0. The summed E-state index contributed by atoms with van der Waals surface area (Å²) in [5.74, 6) is 0.536. The number of hydrogen-bond acceptors (Lipinski definition) is 4. The number of nitrogens with one attached hydrogen (secondary N) is 1. The van der Waals surface area contributed by atoms with Crippen molar-refractivity contribution in [2.75, 3.05) is 36.5 Å². The average Bonchev–Trinajstić information content (AvgIpc) is 3.09. The summed E-state index contributed by atoms with van der Waals surface area (Å²) in [4.78, 5) is 33.1. The second-order valence-corrected chi connectivity index (χ2v) is 7.16. The number of carbonyl (C=O) groups is 2. The van der Waals surface area contributed by atoms with E-state index in [1.165, 1.54) is 0 Å². The van der Waals surface area contributed by atoms with E-state index in [4.69, 9.17) is 4.74 Å². The SMILES string of the molecule is CCOc1ccc(N2CCN(CC(=O)Nc3cccc4nc(C)ccc34)C2=O)cc1. The van der Waals surface area contributed by atoms with Crippen LogP contribution in [0.1, 0.15) is 12.6 Å². The van der Waals surface area contributed by atoms with Gasteiger partial charge in [-0.05, 0) is 62.4 Å². The van der Waals surface area contributed by atoms with Crippen molar-refractivity contribution in [1.82, 2.24) is 9.88 Å². The van der Waals surface area contributed by atoms with Crippen LogP contribution in [0.25, 0.3) is 10.9 Å². The summed E-state index contributed by atoms with van der Waals surface area (Å²) in [5, 5.41) is 3.80. The van der Waals surface area contributed by atoms with Crippen LogP contribution in [0.2, 0.25) is 0 Å². The van der Waals surface area contributed by atoms with E-state index >= 15 is 0 Å². The number of aromatic nitrogens is 1. The van der Waals surface area contributed by atoms with Gasteiger partial charge in [0.25, 0.3) is 0 Å². The van der Waals surface area contributed by atoms with E-state index in [0.29, 0.717) is 25.4 Å². The number of pyridine rings is 1. The molecule has 0 radical (unpaired) electrons. The first-order chi connectivity index (χ1) is 14.5. The Bertz CT molecular complexity index is 1080. The molecule has 1 saturated heterocycles. The van der Waals surface area contributed by atoms with Crippen LogP contribution in [0.3, 0.4) is 0 Å². The number of carbonyl (C=O) groups excluding carboxylic acids is 2. The number of hydrogen-bond donors (Lipinski definition) is 1. The Morgan fingerprint density at radius 2 is 1.90 bits per heavy atom. The molecule has 1 fully saturated rings. The van der Waals surface area contributed by atoms with Crippen LogP contribution in [-0.4, -0.2) is 48.1 Å². The maximum atomic E-state index is 12.8. The summed E-state index contributed by atoms with van der Waals surface area (Å²) in [5.41, 5.74) is 3.23. The van der Waals surface area contributed by atoms with Gasteiger partial charge in [-0.25, -0.2) is 4.79 Å². The van der Waals surface area contributed by atoms with Gasteiger partial charge < -0.3 is 15.0 Å². The molecule has 1 aliphatic rings. The Balaban J connectivity index is 1.41. The van der Waals surface area contributed by atoms with Gasteiger partial charge in [0.1, 0.15) is 12.3 Å². The first-order valence-electron chi connectivity index (χ1n) is 10.0. The van der Waals surface area contributed by atoms with Gasteiger partial charge in [0.15, 0.2) is 0 Å². The Hall–Kier alpha value is -3.61. The second-order valence-electron chi connectivity index (χ2n) is 7.16. The van der Waals surface area contributed by atoms with Crippen molar-refractivity contribution in [2.45, 2.75) is 13.8 Å². The van der Waals surface area contributed by atoms with Gasteiger partial charge in [0, 0.05) is 29.9 Å². The molecule has 0 atom stereocenters. The molecule has 3 aromatic rings. The van der Waals surface area contributed by atoms with Crippen LogP contribution in [0.5, 0.6) is 5.75 Å². The zero-order valence-corrected chi connectivity index (χ0v) is 17.1. The molecule has 30 heavy (non-hydrogen) atoms. The zero-order chi connectivity index (χ0) is 21.1. The Labute approximate surface area is 175 Å². The number of amides is 3. The van der Waals surface area contributed by atoms with Crippen molar-refractivity contribution in [3.8, 4) is 5.75 Å². The van der Waals surface area contributed by atoms with Crippen LogP contribution in [0, 0.1) is 6.92 Å². The topological polar surface area (TPSA) is 74.8 Å². The molecule has 0 saturated carbocycles. The van der Waals surface area contributed by atoms with Crippen LogP contribution < -0.4 is 15.0 Å². The molecule has 2 aromatic carbocycles. The van der Waals surface area contributed by atoms with Crippen LogP contribution in [0.15, 0.2) is 54.6 Å². The number of anilines is 2. The number of urea groups is 1. The van der Waals surface area contributed by atoms with Crippen LogP contribution >= 0.6 is 0 Å². The minimum atomic E-state index is -0.232. The standard InChI is InChI=1S/C23H24N4O3/c1-3-30-18-10-8-17(9-11-18)27-14-13-26(23(27)29)15-22(28)25-21-6-4-5-20-19(21)12-7-16(2)24-20/h4-12H,3,13-15H2,1-2H3,(H,25,28). The van der Waals surface area contributed by atoms with E-state index in [2.05, 4.69) is 10.3 Å². The number of benzene rings is 2. The highest BCUT2D eigenvalue weighted by Crippen LogP contribution is 2.24. The number of ether oxygens (including phenoxy) is 1. The molecule has 0 bridgehead atoms. The molecule has 1 aliphatic heterocycles. The van der Waals surface area contributed by atoms with Crippen molar-refractivity contribution in [1.29, 1.82) is 0 Å². The quantitative estimate of drug-likeness (QED) is 0.678. The molecule has 0 aliphatic carbocycles. The molecule has 0 unspecified atom stereocenters. The number of rotatable bonds is 6. The first kappa shape index (κ1) is 19.7. The number of nitrogens with zero attached hydrogens (tertiary/aromatic N) is 3. The molecular weight excluding hydrogens is 380 g/mol. The predicted molar refractivity (Wildman–Crippen MR) is 117 cm³/mol. The van der Waals surface area contributed by atoms with Gasteiger partial charge in [0.05, 0.1) is 17.8 Å². The van der Waals surface area contributed by atoms with Gasteiger partial charge in [-0.15, -0.1) is 0 Å². The second kappa shape index (κ2) is 8.41. The average molecular weight is 404 g/mol. The molecule has 0 spiro atoms. The van der Waals surface area contributed by atoms with E-state index in [9.17, 15) is 9.59 Å². The highest BCUT2D eigenvalue weighted by Gasteiger charge is 2.30. The van der Waals surface area contributed by atoms with Crippen molar-refractivity contribution in [3.63, 3.8) is 0 Å². The molecule has 154 valence electrons. The third-order valence-corrected chi connectivity index (χ3v) is 5.03. The minimum absolute atomic E-state index is 0.00202. The fourth-order valence-corrected chi connectivity index (χ4v) is 3.59. The molecule has 3 amide bonds. The van der Waals surface area contributed by atoms with Crippen molar-refractivity contribution in [2.24, 2.45) is 0 Å². The molecule has 1 N–H and O–H groups in total. The van der Waals surface area contributed by atoms with Gasteiger partial charge in [-0.3, -0.25) is 14.7 Å². The first-order valence-corrected chi connectivity index (χ1v) is 10.0. The summed E-state index contributed by atoms with van der Waals surface area (Å²) >= 11 is 0. The van der Waals surface area contributed by atoms with E-state index in [-0.39, 0.29) is 18.5 Å². The lowest BCUT2D eigenvalue weighted by Gasteiger charge is -2.19. The van der Waals surface area contributed by atoms with E-state index in [0.717, 1.165) is 28.0 Å². The Kier molecular flexibility index (Phi) is 5.52. The minimum Gasteiger partial charge on any atom is -0.494 e. The normalized spacial score (nSPS) is 13.7. The van der Waals surface area contributed by atoms with Crippen molar-refractivity contribution < 1.29 is 14.3 Å². The molecule has 7 nitrogen and oxygen atoms in total. The summed E-state index contributed by atoms with van der Waals surface area (Å²) in [6, 6.07) is 16.7. The lowest BCUT2D eigenvalue weighted by molar-refractivity contribution is -0.116. The maximum absolute atomic E-state index is 12.8. The van der Waals surface area contributed by atoms with Gasteiger partial charge in [-0.1, -0.05) is 6.07 Å². The zero-order valence-electron chi connectivity index (χ0n) is 17.1. The Morgan fingerprint density at radius 3 is 2.67 bits per heavy atom. The third kappa shape index (κ3) is 4.05. The number of fused-ring (bicyclic) bond motifs is 1. The monoisotopic (exact) mass is 404 g/mol. The molecular formula is C23H24N4O3. The number of aryl methyl sites for hydroxylation is 1. The van der Waals surface area contributed by atoms with Gasteiger partial charge in [0.2, 0.25) is 5.91 Å². The summed E-state index contributed by atoms with van der Waals surface area (Å²) < 4.78 is 5.45. The van der Waals surface area contributed by atoms with Crippen LogP contribution in [-0.2, 0) is 4.79 Å². The fraction of sp³-hybridized carbons (Fsp3) is 0.261. The largest absolute Gasteiger partial charge is 0.494 e. The highest BCUT2D eigenvalue weighted by atomic mass is 16.5. The molecule has 1 aromatic heterocycles. The van der Waals surface area contributed by atoms with Crippen LogP contribution in [0.4, 0.5) is 16.2 Å². The van der Waals surface area contributed by atoms with E-state index in [1.54, 1.807) is 9.80 Å². The smallest absolute Gasteiger partial charge is 0.325 e. The van der Waals surface area contributed by atoms with E-state index < -0.39 is 0 Å². The van der Waals surface area contributed by atoms with Crippen molar-refractivity contribution in [3.05, 3.63) is 60.3 Å². The van der Waals surface area contributed by atoms with Gasteiger partial charge in [-0.2, -0.15) is 0 Å².